The number of nitrogens with zero attached hydrogens (tertiary/aromatic N) is 3. The Morgan fingerprint density at radius 1 is 1.19 bits per heavy atom. The molecule has 134 valence electrons. The number of amides is 1. The van der Waals surface area contributed by atoms with E-state index in [2.05, 4.69) is 15.4 Å². The summed E-state index contributed by atoms with van der Waals surface area (Å²) in [6.07, 6.45) is -1.46. The fraction of sp³-hybridized carbons (Fsp3) is 0.167. The van der Waals surface area contributed by atoms with Gasteiger partial charge in [0, 0.05) is 24.5 Å². The first-order chi connectivity index (χ1) is 12.3. The lowest BCUT2D eigenvalue weighted by molar-refractivity contribution is -0.137. The molecule has 0 aliphatic heterocycles. The van der Waals surface area contributed by atoms with Gasteiger partial charge < -0.3 is 5.32 Å². The third-order valence-corrected chi connectivity index (χ3v) is 3.86. The molecule has 0 unspecified atom stereocenters. The summed E-state index contributed by atoms with van der Waals surface area (Å²) in [6.45, 7) is 1.82. The zero-order valence-electron chi connectivity index (χ0n) is 14.0. The number of aromatic nitrogens is 3. The Morgan fingerprint density at radius 2 is 1.92 bits per heavy atom. The van der Waals surface area contributed by atoms with Crippen LogP contribution in [0.3, 0.4) is 0 Å². The quantitative estimate of drug-likeness (QED) is 0.766. The molecule has 5 nitrogen and oxygen atoms in total. The molecule has 2 heterocycles. The molecule has 0 saturated carbocycles. The van der Waals surface area contributed by atoms with Crippen molar-refractivity contribution >= 4 is 11.7 Å². The van der Waals surface area contributed by atoms with Crippen molar-refractivity contribution < 1.29 is 18.0 Å². The first-order valence-electron chi connectivity index (χ1n) is 7.70. The van der Waals surface area contributed by atoms with Gasteiger partial charge in [-0.3, -0.25) is 14.5 Å². The summed E-state index contributed by atoms with van der Waals surface area (Å²) >= 11 is 0. The number of hydrogen-bond donors (Lipinski definition) is 1. The van der Waals surface area contributed by atoms with Crippen LogP contribution in [0, 0.1) is 6.92 Å². The van der Waals surface area contributed by atoms with E-state index in [1.807, 2.05) is 6.92 Å². The van der Waals surface area contributed by atoms with Gasteiger partial charge in [0.25, 0.3) is 5.91 Å². The number of halogens is 3. The number of alkyl halides is 3. The van der Waals surface area contributed by atoms with Crippen molar-refractivity contribution in [3.8, 4) is 11.1 Å². The largest absolute Gasteiger partial charge is 0.417 e. The van der Waals surface area contributed by atoms with Crippen LogP contribution < -0.4 is 5.32 Å². The van der Waals surface area contributed by atoms with E-state index < -0.39 is 23.2 Å². The molecule has 1 aromatic carbocycles. The highest BCUT2D eigenvalue weighted by Crippen LogP contribution is 2.33. The maximum atomic E-state index is 13.2. The molecule has 0 spiro atoms. The lowest BCUT2D eigenvalue weighted by Crippen LogP contribution is -2.20. The van der Waals surface area contributed by atoms with Gasteiger partial charge in [-0.15, -0.1) is 0 Å². The van der Waals surface area contributed by atoms with Gasteiger partial charge in [0.1, 0.15) is 5.82 Å². The molecule has 8 heteroatoms. The lowest BCUT2D eigenvalue weighted by Gasteiger charge is -2.13. The standard InChI is InChI=1S/C18H15F3N4O/c1-11-9-12(7-8-22-11)14-10-23-25(2)16(14)24-17(26)13-5-3-4-6-15(13)18(19,20)21/h3-10H,1-2H3,(H,24,26). The fourth-order valence-electron chi connectivity index (χ4n) is 2.61. The maximum absolute atomic E-state index is 13.2. The van der Waals surface area contributed by atoms with Crippen LogP contribution in [0.1, 0.15) is 21.6 Å². The predicted octanol–water partition coefficient (Wildman–Crippen LogP) is 4.06. The third kappa shape index (κ3) is 3.44. The highest BCUT2D eigenvalue weighted by molar-refractivity contribution is 6.06. The molecule has 0 radical (unpaired) electrons. The first-order valence-corrected chi connectivity index (χ1v) is 7.70. The molecule has 0 saturated heterocycles. The Kier molecular flexibility index (Phi) is 4.50. The Bertz CT molecular complexity index is 963. The maximum Gasteiger partial charge on any atom is 0.417 e. The summed E-state index contributed by atoms with van der Waals surface area (Å²) in [4.78, 5) is 16.6. The van der Waals surface area contributed by atoms with E-state index in [1.165, 1.54) is 16.8 Å². The van der Waals surface area contributed by atoms with Crippen LogP contribution in [0.2, 0.25) is 0 Å². The van der Waals surface area contributed by atoms with Gasteiger partial charge in [-0.25, -0.2) is 0 Å². The number of anilines is 1. The van der Waals surface area contributed by atoms with E-state index in [9.17, 15) is 18.0 Å². The summed E-state index contributed by atoms with van der Waals surface area (Å²) < 4.78 is 40.9. The lowest BCUT2D eigenvalue weighted by atomic mass is 10.1. The number of nitrogens with one attached hydrogen (secondary N) is 1. The van der Waals surface area contributed by atoms with E-state index in [0.29, 0.717) is 11.4 Å². The third-order valence-electron chi connectivity index (χ3n) is 3.86. The van der Waals surface area contributed by atoms with Crippen molar-refractivity contribution in [2.75, 3.05) is 5.32 Å². The molecule has 26 heavy (non-hydrogen) atoms. The molecule has 0 fully saturated rings. The van der Waals surface area contributed by atoms with Crippen LogP contribution in [0.15, 0.2) is 48.8 Å². The molecule has 3 rings (SSSR count). The Balaban J connectivity index is 1.99. The second-order valence-corrected chi connectivity index (χ2v) is 5.71. The summed E-state index contributed by atoms with van der Waals surface area (Å²) in [5.74, 6) is -0.550. The molecule has 1 N–H and O–H groups in total. The molecule has 0 aliphatic rings. The van der Waals surface area contributed by atoms with Gasteiger partial charge in [0.15, 0.2) is 0 Å². The minimum Gasteiger partial charge on any atom is -0.306 e. The number of aryl methyl sites for hydroxylation is 2. The van der Waals surface area contributed by atoms with Gasteiger partial charge in [-0.1, -0.05) is 12.1 Å². The highest BCUT2D eigenvalue weighted by atomic mass is 19.4. The SMILES string of the molecule is Cc1cc(-c2cnn(C)c2NC(=O)c2ccccc2C(F)(F)F)ccn1. The highest BCUT2D eigenvalue weighted by Gasteiger charge is 2.35. The minimum atomic E-state index is -4.62. The number of carbonyl (C=O) groups is 1. The van der Waals surface area contributed by atoms with Crippen molar-refractivity contribution in [3.63, 3.8) is 0 Å². The van der Waals surface area contributed by atoms with E-state index in [1.54, 1.807) is 31.6 Å². The second-order valence-electron chi connectivity index (χ2n) is 5.71. The molecule has 0 atom stereocenters. The first kappa shape index (κ1) is 17.7. The van der Waals surface area contributed by atoms with E-state index >= 15 is 0 Å². The average Bonchev–Trinajstić information content (AvgIpc) is 2.95. The Hall–Kier alpha value is -3.16. The van der Waals surface area contributed by atoms with Crippen LogP contribution in [0.4, 0.5) is 19.0 Å². The Morgan fingerprint density at radius 3 is 2.62 bits per heavy atom. The van der Waals surface area contributed by atoms with Crippen molar-refractivity contribution in [1.29, 1.82) is 0 Å². The van der Waals surface area contributed by atoms with Crippen LogP contribution in [0.5, 0.6) is 0 Å². The predicted molar refractivity (Wildman–Crippen MR) is 90.6 cm³/mol. The number of rotatable bonds is 3. The number of hydrogen-bond acceptors (Lipinski definition) is 3. The van der Waals surface area contributed by atoms with Gasteiger partial charge >= 0.3 is 6.18 Å². The normalized spacial score (nSPS) is 11.4. The topological polar surface area (TPSA) is 59.8 Å². The molecule has 2 aromatic heterocycles. The summed E-state index contributed by atoms with van der Waals surface area (Å²) in [5.41, 5.74) is 0.686. The molecule has 0 aliphatic carbocycles. The molecule has 3 aromatic rings. The smallest absolute Gasteiger partial charge is 0.306 e. The monoisotopic (exact) mass is 360 g/mol. The van der Waals surface area contributed by atoms with Gasteiger partial charge in [0.05, 0.1) is 17.3 Å². The Labute approximate surface area is 147 Å². The average molecular weight is 360 g/mol. The van der Waals surface area contributed by atoms with Crippen molar-refractivity contribution in [2.24, 2.45) is 7.05 Å². The summed E-state index contributed by atoms with van der Waals surface area (Å²) in [6, 6.07) is 8.20. The zero-order chi connectivity index (χ0) is 18.9. The number of carbonyl (C=O) groups excluding carboxylic acids is 1. The van der Waals surface area contributed by atoms with Gasteiger partial charge in [-0.2, -0.15) is 18.3 Å². The van der Waals surface area contributed by atoms with E-state index in [4.69, 9.17) is 0 Å². The summed E-state index contributed by atoms with van der Waals surface area (Å²) in [5, 5.41) is 6.65. The summed E-state index contributed by atoms with van der Waals surface area (Å²) in [7, 11) is 1.60. The van der Waals surface area contributed by atoms with E-state index in [-0.39, 0.29) is 0 Å². The second kappa shape index (κ2) is 6.62. The van der Waals surface area contributed by atoms with Gasteiger partial charge in [-0.05, 0) is 36.8 Å². The van der Waals surface area contributed by atoms with Crippen LogP contribution >= 0.6 is 0 Å². The van der Waals surface area contributed by atoms with Crippen LogP contribution in [-0.4, -0.2) is 20.7 Å². The fourth-order valence-corrected chi connectivity index (χ4v) is 2.61. The van der Waals surface area contributed by atoms with Crippen molar-refractivity contribution in [3.05, 3.63) is 65.6 Å². The van der Waals surface area contributed by atoms with E-state index in [0.717, 1.165) is 23.4 Å². The molecule has 1 amide bonds. The minimum absolute atomic E-state index is 0.303. The van der Waals surface area contributed by atoms with Gasteiger partial charge in [0.2, 0.25) is 0 Å². The number of benzene rings is 1. The molecular weight excluding hydrogens is 345 g/mol. The van der Waals surface area contributed by atoms with Crippen molar-refractivity contribution in [2.45, 2.75) is 13.1 Å². The zero-order valence-corrected chi connectivity index (χ0v) is 14.0. The van der Waals surface area contributed by atoms with Crippen LogP contribution in [0.25, 0.3) is 11.1 Å². The molecule has 0 bridgehead atoms. The van der Waals surface area contributed by atoms with Crippen LogP contribution in [-0.2, 0) is 13.2 Å². The molecular formula is C18H15F3N4O. The number of pyridine rings is 1. The van der Waals surface area contributed by atoms with Crippen molar-refractivity contribution in [1.82, 2.24) is 14.8 Å².